The number of carbonyl (C=O) groups is 1. The van der Waals surface area contributed by atoms with Gasteiger partial charge in [0, 0.05) is 19.3 Å². The van der Waals surface area contributed by atoms with E-state index in [1.807, 2.05) is 26.0 Å². The molecule has 1 N–H and O–H groups in total. The van der Waals surface area contributed by atoms with Gasteiger partial charge in [-0.05, 0) is 43.9 Å². The number of nitrogens with one attached hydrogen (secondary N) is 1. The van der Waals surface area contributed by atoms with E-state index >= 15 is 0 Å². The molecular weight excluding hydrogens is 420 g/mol. The molecule has 158 valence electrons. The summed E-state index contributed by atoms with van der Waals surface area (Å²) in [4.78, 5) is 33.0. The summed E-state index contributed by atoms with van der Waals surface area (Å²) in [5, 5.41) is 3.24. The van der Waals surface area contributed by atoms with Crippen LogP contribution < -0.4 is 10.9 Å². The number of nitrogens with zero attached hydrogens (tertiary/aromatic N) is 3. The predicted molar refractivity (Wildman–Crippen MR) is 124 cm³/mol. The Morgan fingerprint density at radius 1 is 1.43 bits per heavy atom. The SMILES string of the molecule is CCCNc1nc2c(C)cccn2c(=O)c1/C=C1\SC(=S)N(C[C@H]2CCCO2)C1=O. The number of rotatable bonds is 6. The van der Waals surface area contributed by atoms with Gasteiger partial charge in [-0.3, -0.25) is 18.9 Å². The topological polar surface area (TPSA) is 75.9 Å². The molecule has 2 aliphatic rings. The molecule has 2 aromatic rings. The molecule has 0 aliphatic carbocycles. The van der Waals surface area contributed by atoms with E-state index in [0.29, 0.717) is 39.3 Å². The van der Waals surface area contributed by atoms with E-state index in [4.69, 9.17) is 17.0 Å². The monoisotopic (exact) mass is 444 g/mol. The molecule has 0 bridgehead atoms. The second kappa shape index (κ2) is 8.87. The first kappa shape index (κ1) is 21.0. The summed E-state index contributed by atoms with van der Waals surface area (Å²) in [5.41, 5.74) is 1.66. The molecule has 0 saturated carbocycles. The van der Waals surface area contributed by atoms with Crippen molar-refractivity contribution in [2.24, 2.45) is 0 Å². The zero-order valence-corrected chi connectivity index (χ0v) is 18.6. The van der Waals surface area contributed by atoms with Crippen LogP contribution in [0.1, 0.15) is 37.3 Å². The van der Waals surface area contributed by atoms with Gasteiger partial charge in [0.15, 0.2) is 0 Å². The Bertz CT molecular complexity index is 1090. The Morgan fingerprint density at radius 2 is 2.27 bits per heavy atom. The number of hydrogen-bond acceptors (Lipinski definition) is 7. The Balaban J connectivity index is 1.73. The fraction of sp³-hybridized carbons (Fsp3) is 0.429. The van der Waals surface area contributed by atoms with Crippen molar-refractivity contribution in [3.63, 3.8) is 0 Å². The molecule has 2 saturated heterocycles. The highest BCUT2D eigenvalue weighted by atomic mass is 32.2. The summed E-state index contributed by atoms with van der Waals surface area (Å²) in [5.74, 6) is 0.302. The van der Waals surface area contributed by atoms with E-state index in [2.05, 4.69) is 10.3 Å². The summed E-state index contributed by atoms with van der Waals surface area (Å²) in [6.07, 6.45) is 6.15. The number of pyridine rings is 1. The highest BCUT2D eigenvalue weighted by Crippen LogP contribution is 2.34. The number of aryl methyl sites for hydroxylation is 1. The van der Waals surface area contributed by atoms with Crippen molar-refractivity contribution in [1.29, 1.82) is 0 Å². The van der Waals surface area contributed by atoms with Gasteiger partial charge in [-0.25, -0.2) is 4.98 Å². The van der Waals surface area contributed by atoms with E-state index in [9.17, 15) is 9.59 Å². The maximum absolute atomic E-state index is 13.3. The highest BCUT2D eigenvalue weighted by molar-refractivity contribution is 8.26. The summed E-state index contributed by atoms with van der Waals surface area (Å²) in [6, 6.07) is 3.73. The van der Waals surface area contributed by atoms with E-state index in [1.54, 1.807) is 17.2 Å². The molecule has 0 spiro atoms. The van der Waals surface area contributed by atoms with E-state index in [-0.39, 0.29) is 17.6 Å². The highest BCUT2D eigenvalue weighted by Gasteiger charge is 2.35. The van der Waals surface area contributed by atoms with Gasteiger partial charge in [-0.15, -0.1) is 0 Å². The van der Waals surface area contributed by atoms with Gasteiger partial charge in [-0.1, -0.05) is 37.0 Å². The van der Waals surface area contributed by atoms with Gasteiger partial charge in [-0.2, -0.15) is 0 Å². The lowest BCUT2D eigenvalue weighted by Crippen LogP contribution is -2.35. The normalized spacial score (nSPS) is 20.7. The number of anilines is 1. The van der Waals surface area contributed by atoms with E-state index < -0.39 is 0 Å². The number of thioether (sulfide) groups is 1. The second-order valence-electron chi connectivity index (χ2n) is 7.42. The van der Waals surface area contributed by atoms with Crippen LogP contribution >= 0.6 is 24.0 Å². The van der Waals surface area contributed by atoms with E-state index in [1.165, 1.54) is 16.2 Å². The average Bonchev–Trinajstić information content (AvgIpc) is 3.33. The second-order valence-corrected chi connectivity index (χ2v) is 9.09. The third-order valence-corrected chi connectivity index (χ3v) is 6.56. The van der Waals surface area contributed by atoms with Crippen LogP contribution in [0.2, 0.25) is 0 Å². The molecule has 4 rings (SSSR count). The number of amides is 1. The fourth-order valence-corrected chi connectivity index (χ4v) is 4.86. The first-order chi connectivity index (χ1) is 14.5. The number of carbonyl (C=O) groups excluding carboxylic acids is 1. The maximum atomic E-state index is 13.3. The average molecular weight is 445 g/mol. The number of thiocarbonyl (C=S) groups is 1. The molecule has 4 heterocycles. The van der Waals surface area contributed by atoms with Crippen LogP contribution in [-0.2, 0) is 9.53 Å². The summed E-state index contributed by atoms with van der Waals surface area (Å²) in [7, 11) is 0. The number of fused-ring (bicyclic) bond motifs is 1. The number of hydrogen-bond donors (Lipinski definition) is 1. The molecule has 1 amide bonds. The minimum Gasteiger partial charge on any atom is -0.376 e. The van der Waals surface area contributed by atoms with Crippen molar-refractivity contribution in [3.8, 4) is 0 Å². The lowest BCUT2D eigenvalue weighted by atomic mass is 10.2. The van der Waals surface area contributed by atoms with Crippen LogP contribution in [-0.4, -0.2) is 50.3 Å². The Labute approximate surface area is 184 Å². The van der Waals surface area contributed by atoms with Crippen molar-refractivity contribution in [2.45, 2.75) is 39.2 Å². The van der Waals surface area contributed by atoms with E-state index in [0.717, 1.165) is 31.4 Å². The van der Waals surface area contributed by atoms with Crippen molar-refractivity contribution < 1.29 is 9.53 Å². The maximum Gasteiger partial charge on any atom is 0.267 e. The summed E-state index contributed by atoms with van der Waals surface area (Å²) >= 11 is 6.65. The lowest BCUT2D eigenvalue weighted by Gasteiger charge is -2.18. The molecule has 2 aromatic heterocycles. The predicted octanol–water partition coefficient (Wildman–Crippen LogP) is 3.21. The summed E-state index contributed by atoms with van der Waals surface area (Å²) in [6.45, 7) is 5.82. The van der Waals surface area contributed by atoms with Gasteiger partial charge >= 0.3 is 0 Å². The van der Waals surface area contributed by atoms with Crippen LogP contribution in [0.4, 0.5) is 5.82 Å². The third kappa shape index (κ3) is 4.01. The van der Waals surface area contributed by atoms with Gasteiger partial charge in [0.25, 0.3) is 11.5 Å². The molecule has 0 aromatic carbocycles. The van der Waals surface area contributed by atoms with Crippen molar-refractivity contribution in [2.75, 3.05) is 25.0 Å². The van der Waals surface area contributed by atoms with Crippen LogP contribution in [0, 0.1) is 6.92 Å². The first-order valence-electron chi connectivity index (χ1n) is 10.1. The number of ether oxygens (including phenoxy) is 1. The van der Waals surface area contributed by atoms with Crippen molar-refractivity contribution >= 4 is 51.7 Å². The minimum absolute atomic E-state index is 0.0181. The Hall–Kier alpha value is -2.23. The first-order valence-corrected chi connectivity index (χ1v) is 11.3. The molecule has 2 fully saturated rings. The Kier molecular flexibility index (Phi) is 6.21. The molecule has 0 unspecified atom stereocenters. The molecule has 0 radical (unpaired) electrons. The molecule has 1 atom stereocenters. The number of aromatic nitrogens is 2. The standard InChI is InChI=1S/C21H24N4O3S2/c1-3-8-22-17-15(19(26)24-9-4-6-13(2)18(24)23-17)11-16-20(27)25(21(29)30-16)12-14-7-5-10-28-14/h4,6,9,11,14,22H,3,5,7-8,10,12H2,1-2H3/b16-11-/t14-/m1/s1. The lowest BCUT2D eigenvalue weighted by molar-refractivity contribution is -0.123. The molecule has 30 heavy (non-hydrogen) atoms. The third-order valence-electron chi connectivity index (χ3n) is 5.19. The van der Waals surface area contributed by atoms with Gasteiger partial charge in [0.05, 0.1) is 23.1 Å². The van der Waals surface area contributed by atoms with Gasteiger partial charge in [0.2, 0.25) is 0 Å². The van der Waals surface area contributed by atoms with Gasteiger partial charge in [0.1, 0.15) is 15.8 Å². The van der Waals surface area contributed by atoms with Crippen molar-refractivity contribution in [1.82, 2.24) is 14.3 Å². The molecular formula is C21H24N4O3S2. The van der Waals surface area contributed by atoms with Crippen molar-refractivity contribution in [3.05, 3.63) is 44.7 Å². The molecule has 2 aliphatic heterocycles. The fourth-order valence-electron chi connectivity index (χ4n) is 3.60. The Morgan fingerprint density at radius 3 is 3.00 bits per heavy atom. The minimum atomic E-state index is -0.216. The quantitative estimate of drug-likeness (QED) is 0.542. The zero-order valence-electron chi connectivity index (χ0n) is 17.0. The van der Waals surface area contributed by atoms with Crippen LogP contribution in [0.3, 0.4) is 0 Å². The smallest absolute Gasteiger partial charge is 0.267 e. The zero-order chi connectivity index (χ0) is 21.3. The van der Waals surface area contributed by atoms with Crippen LogP contribution in [0.5, 0.6) is 0 Å². The van der Waals surface area contributed by atoms with Gasteiger partial charge < -0.3 is 10.1 Å². The molecule has 9 heteroatoms. The summed E-state index contributed by atoms with van der Waals surface area (Å²) < 4.78 is 7.67. The molecule has 7 nitrogen and oxygen atoms in total. The van der Waals surface area contributed by atoms with Crippen LogP contribution in [0.15, 0.2) is 28.0 Å². The largest absolute Gasteiger partial charge is 0.376 e. The van der Waals surface area contributed by atoms with Crippen LogP contribution in [0.25, 0.3) is 11.7 Å².